The quantitative estimate of drug-likeness (QED) is 0.440. The molecule has 1 atom stereocenters. The van der Waals surface area contributed by atoms with Gasteiger partial charge in [0.05, 0.1) is 21.6 Å². The Bertz CT molecular complexity index is 549. The summed E-state index contributed by atoms with van der Waals surface area (Å²) in [6.07, 6.45) is 1.58. The number of aliphatic carboxylic acids is 1. The Morgan fingerprint density at radius 1 is 1.50 bits per heavy atom. The summed E-state index contributed by atoms with van der Waals surface area (Å²) in [6.45, 7) is 1.98. The Labute approximate surface area is 131 Å². The molecule has 1 N–H and O–H groups in total. The number of pyridine rings is 1. The van der Waals surface area contributed by atoms with E-state index in [1.807, 2.05) is 6.92 Å². The fraction of sp³-hybridized carbons (Fsp3) is 0.462. The van der Waals surface area contributed by atoms with Crippen LogP contribution in [0.4, 0.5) is 5.69 Å². The molecule has 8 nitrogen and oxygen atoms in total. The Kier molecular flexibility index (Phi) is 6.77. The van der Waals surface area contributed by atoms with Crippen molar-refractivity contribution in [2.24, 2.45) is 0 Å². The number of rotatable bonds is 8. The number of carbonyl (C=O) groups is 2. The summed E-state index contributed by atoms with van der Waals surface area (Å²) in [4.78, 5) is 38.1. The van der Waals surface area contributed by atoms with E-state index in [0.717, 1.165) is 6.20 Å². The summed E-state index contributed by atoms with van der Waals surface area (Å²) < 4.78 is 0. The van der Waals surface area contributed by atoms with Gasteiger partial charge in [-0.2, -0.15) is 0 Å². The van der Waals surface area contributed by atoms with Crippen molar-refractivity contribution in [2.75, 3.05) is 13.6 Å². The third kappa shape index (κ3) is 5.32. The van der Waals surface area contributed by atoms with Crippen molar-refractivity contribution in [2.45, 2.75) is 30.0 Å². The lowest BCUT2D eigenvalue weighted by molar-refractivity contribution is -0.385. The standard InChI is InChI=1S/C13H17N3O5S/c1-3-10(13(19)15(2)7-6-12(17)18)22-11-5-4-9(8-14-11)16(20)21/h4-5,8,10H,3,6-7H2,1-2H3,(H,17,18). The zero-order valence-electron chi connectivity index (χ0n) is 12.3. The molecule has 0 spiro atoms. The predicted molar refractivity (Wildman–Crippen MR) is 80.7 cm³/mol. The second-order valence-electron chi connectivity index (χ2n) is 4.53. The van der Waals surface area contributed by atoms with E-state index in [-0.39, 0.29) is 24.6 Å². The Morgan fingerprint density at radius 2 is 2.18 bits per heavy atom. The van der Waals surface area contributed by atoms with Gasteiger partial charge in [-0.3, -0.25) is 19.7 Å². The van der Waals surface area contributed by atoms with Crippen molar-refractivity contribution >= 4 is 29.3 Å². The minimum absolute atomic E-state index is 0.109. The molecule has 0 saturated carbocycles. The fourth-order valence-corrected chi connectivity index (χ4v) is 2.62. The molecule has 0 aliphatic heterocycles. The number of carbonyl (C=O) groups excluding carboxylic acids is 1. The van der Waals surface area contributed by atoms with Crippen molar-refractivity contribution in [1.82, 2.24) is 9.88 Å². The van der Waals surface area contributed by atoms with Crippen LogP contribution in [0.25, 0.3) is 0 Å². The van der Waals surface area contributed by atoms with E-state index in [9.17, 15) is 19.7 Å². The first-order valence-corrected chi connectivity index (χ1v) is 7.47. The topological polar surface area (TPSA) is 114 Å². The summed E-state index contributed by atoms with van der Waals surface area (Å²) >= 11 is 1.21. The van der Waals surface area contributed by atoms with Gasteiger partial charge in [0.1, 0.15) is 6.20 Å². The molecule has 0 fully saturated rings. The van der Waals surface area contributed by atoms with E-state index >= 15 is 0 Å². The molecular weight excluding hydrogens is 310 g/mol. The smallest absolute Gasteiger partial charge is 0.305 e. The normalized spacial score (nSPS) is 11.7. The van der Waals surface area contributed by atoms with Gasteiger partial charge in [-0.05, 0) is 12.5 Å². The summed E-state index contributed by atoms with van der Waals surface area (Å²) in [6, 6.07) is 2.83. The second-order valence-corrected chi connectivity index (χ2v) is 5.75. The molecule has 0 aliphatic carbocycles. The van der Waals surface area contributed by atoms with Crippen molar-refractivity contribution < 1.29 is 19.6 Å². The minimum Gasteiger partial charge on any atom is -0.481 e. The number of hydrogen-bond donors (Lipinski definition) is 1. The maximum absolute atomic E-state index is 12.2. The van der Waals surface area contributed by atoms with Crippen LogP contribution in [0.5, 0.6) is 0 Å². The molecule has 22 heavy (non-hydrogen) atoms. The monoisotopic (exact) mass is 327 g/mol. The number of aromatic nitrogens is 1. The zero-order valence-corrected chi connectivity index (χ0v) is 13.1. The lowest BCUT2D eigenvalue weighted by Crippen LogP contribution is -2.35. The molecule has 120 valence electrons. The summed E-state index contributed by atoms with van der Waals surface area (Å²) in [5.41, 5.74) is -0.109. The lowest BCUT2D eigenvalue weighted by atomic mass is 10.3. The zero-order chi connectivity index (χ0) is 16.7. The maximum Gasteiger partial charge on any atom is 0.305 e. The summed E-state index contributed by atoms with van der Waals surface area (Å²) in [7, 11) is 1.55. The minimum atomic E-state index is -0.961. The molecule has 1 heterocycles. The van der Waals surface area contributed by atoms with Crippen LogP contribution >= 0.6 is 11.8 Å². The Morgan fingerprint density at radius 3 is 2.64 bits per heavy atom. The number of amides is 1. The number of thioether (sulfide) groups is 1. The number of hydrogen-bond acceptors (Lipinski definition) is 6. The highest BCUT2D eigenvalue weighted by atomic mass is 32.2. The van der Waals surface area contributed by atoms with E-state index in [4.69, 9.17) is 5.11 Å². The average Bonchev–Trinajstić information content (AvgIpc) is 2.49. The predicted octanol–water partition coefficient (Wildman–Crippen LogP) is 1.79. The van der Waals surface area contributed by atoms with Crippen molar-refractivity contribution in [1.29, 1.82) is 0 Å². The van der Waals surface area contributed by atoms with Crippen molar-refractivity contribution in [3.63, 3.8) is 0 Å². The third-order valence-electron chi connectivity index (χ3n) is 2.88. The van der Waals surface area contributed by atoms with Crippen LogP contribution in [0.2, 0.25) is 0 Å². The Hall–Kier alpha value is -2.16. The van der Waals surface area contributed by atoms with Gasteiger partial charge in [-0.1, -0.05) is 18.7 Å². The molecule has 9 heteroatoms. The fourth-order valence-electron chi connectivity index (χ4n) is 1.62. The number of carboxylic acids is 1. The van der Waals surface area contributed by atoms with Gasteiger partial charge >= 0.3 is 5.97 Å². The molecular formula is C13H17N3O5S. The summed E-state index contributed by atoms with van der Waals surface area (Å²) in [5, 5.41) is 19.3. The van der Waals surface area contributed by atoms with Gasteiger partial charge in [0.15, 0.2) is 0 Å². The molecule has 0 saturated heterocycles. The summed E-state index contributed by atoms with van der Waals surface area (Å²) in [5.74, 6) is -1.15. The van der Waals surface area contributed by atoms with Crippen LogP contribution in [0, 0.1) is 10.1 Å². The van der Waals surface area contributed by atoms with E-state index in [1.165, 1.54) is 28.8 Å². The molecule has 0 radical (unpaired) electrons. The van der Waals surface area contributed by atoms with Crippen LogP contribution in [0.15, 0.2) is 23.4 Å². The second kappa shape index (κ2) is 8.32. The average molecular weight is 327 g/mol. The van der Waals surface area contributed by atoms with Crippen molar-refractivity contribution in [3.05, 3.63) is 28.4 Å². The van der Waals surface area contributed by atoms with E-state index in [2.05, 4.69) is 4.98 Å². The van der Waals surface area contributed by atoms with Crippen LogP contribution in [0.3, 0.4) is 0 Å². The van der Waals surface area contributed by atoms with Gasteiger partial charge in [0.25, 0.3) is 5.69 Å². The molecule has 1 rings (SSSR count). The Balaban J connectivity index is 2.68. The van der Waals surface area contributed by atoms with Gasteiger partial charge in [-0.25, -0.2) is 4.98 Å². The van der Waals surface area contributed by atoms with E-state index in [1.54, 1.807) is 7.05 Å². The number of nitro groups is 1. The molecule has 1 unspecified atom stereocenters. The highest BCUT2D eigenvalue weighted by Crippen LogP contribution is 2.26. The largest absolute Gasteiger partial charge is 0.481 e. The maximum atomic E-state index is 12.2. The van der Waals surface area contributed by atoms with Gasteiger partial charge in [0, 0.05) is 19.7 Å². The molecule has 1 amide bonds. The molecule has 0 aromatic carbocycles. The van der Waals surface area contributed by atoms with E-state index in [0.29, 0.717) is 11.4 Å². The molecule has 1 aromatic rings. The first-order valence-electron chi connectivity index (χ1n) is 6.59. The third-order valence-corrected chi connectivity index (χ3v) is 4.18. The van der Waals surface area contributed by atoms with Crippen LogP contribution < -0.4 is 0 Å². The molecule has 1 aromatic heterocycles. The first-order chi connectivity index (χ1) is 10.3. The first kappa shape index (κ1) is 17.9. The van der Waals surface area contributed by atoms with Gasteiger partial charge < -0.3 is 10.0 Å². The highest BCUT2D eigenvalue weighted by Gasteiger charge is 2.22. The van der Waals surface area contributed by atoms with Gasteiger partial charge in [-0.15, -0.1) is 0 Å². The van der Waals surface area contributed by atoms with Crippen LogP contribution in [-0.2, 0) is 9.59 Å². The lowest BCUT2D eigenvalue weighted by Gasteiger charge is -2.21. The highest BCUT2D eigenvalue weighted by molar-refractivity contribution is 8.00. The van der Waals surface area contributed by atoms with Crippen LogP contribution in [-0.4, -0.2) is 50.6 Å². The number of carboxylic acid groups (broad SMARTS) is 1. The SMILES string of the molecule is CCC(Sc1ccc([N+](=O)[O-])cn1)C(=O)N(C)CCC(=O)O. The van der Waals surface area contributed by atoms with Crippen molar-refractivity contribution in [3.8, 4) is 0 Å². The van der Waals surface area contributed by atoms with Crippen LogP contribution in [0.1, 0.15) is 19.8 Å². The molecule has 0 aliphatic rings. The molecule has 0 bridgehead atoms. The van der Waals surface area contributed by atoms with Gasteiger partial charge in [0.2, 0.25) is 5.91 Å². The number of nitrogens with zero attached hydrogens (tertiary/aromatic N) is 3. The van der Waals surface area contributed by atoms with E-state index < -0.39 is 16.1 Å².